The fraction of sp³-hybridized carbons (Fsp3) is 0.241. The first-order valence-electron chi connectivity index (χ1n) is 13.2. The van der Waals surface area contributed by atoms with E-state index in [2.05, 4.69) is 25.4 Å². The molecule has 0 bridgehead atoms. The van der Waals surface area contributed by atoms with Crippen molar-refractivity contribution in [3.63, 3.8) is 0 Å². The highest BCUT2D eigenvalue weighted by Gasteiger charge is 2.31. The lowest BCUT2D eigenvalue weighted by Gasteiger charge is -2.15. The van der Waals surface area contributed by atoms with E-state index in [1.54, 1.807) is 15.7 Å². The Kier molecular flexibility index (Phi) is 6.89. The van der Waals surface area contributed by atoms with Gasteiger partial charge in [0, 0.05) is 25.7 Å². The van der Waals surface area contributed by atoms with E-state index in [-0.39, 0.29) is 29.5 Å². The van der Waals surface area contributed by atoms with Crippen LogP contribution in [0, 0.1) is 0 Å². The summed E-state index contributed by atoms with van der Waals surface area (Å²) < 4.78 is 7.46. The summed E-state index contributed by atoms with van der Waals surface area (Å²) in [6.45, 7) is 1.67. The molecular weight excluding hydrogens is 522 g/mol. The lowest BCUT2D eigenvalue weighted by atomic mass is 10.1. The average Bonchev–Trinajstić information content (AvgIpc) is 3.70. The third-order valence-electron chi connectivity index (χ3n) is 7.00. The molecule has 2 aromatic carbocycles. The largest absolute Gasteiger partial charge is 0.423 e. The van der Waals surface area contributed by atoms with Crippen LogP contribution in [0.15, 0.2) is 71.4 Å². The molecule has 4 heterocycles. The van der Waals surface area contributed by atoms with Gasteiger partial charge in [-0.05, 0) is 43.8 Å². The van der Waals surface area contributed by atoms with Gasteiger partial charge in [0.05, 0.1) is 11.4 Å². The van der Waals surface area contributed by atoms with E-state index in [1.165, 1.54) is 6.33 Å². The molecule has 1 unspecified atom stereocenters. The highest BCUT2D eigenvalue weighted by atomic mass is 16.4. The molecule has 41 heavy (non-hydrogen) atoms. The van der Waals surface area contributed by atoms with Crippen molar-refractivity contribution < 1.29 is 14.0 Å². The third-order valence-corrected chi connectivity index (χ3v) is 7.00. The lowest BCUT2D eigenvalue weighted by Crippen LogP contribution is -2.28. The molecule has 3 aromatic heterocycles. The van der Waals surface area contributed by atoms with E-state index in [9.17, 15) is 9.59 Å². The second-order valence-corrected chi connectivity index (χ2v) is 10.2. The van der Waals surface area contributed by atoms with E-state index < -0.39 is 5.91 Å². The maximum absolute atomic E-state index is 13.4. The first-order valence-corrected chi connectivity index (χ1v) is 13.2. The number of nitrogens with zero attached hydrogens (tertiary/aromatic N) is 7. The van der Waals surface area contributed by atoms with Gasteiger partial charge in [0.2, 0.25) is 5.91 Å². The number of nitrogen functional groups attached to an aromatic ring is 1. The summed E-state index contributed by atoms with van der Waals surface area (Å²) in [6, 6.07) is 15.4. The maximum Gasteiger partial charge on any atom is 0.302 e. The zero-order valence-electron chi connectivity index (χ0n) is 22.7. The molecule has 2 amide bonds. The second kappa shape index (κ2) is 10.8. The number of oxazole rings is 1. The molecule has 0 saturated carbocycles. The number of rotatable bonds is 7. The summed E-state index contributed by atoms with van der Waals surface area (Å²) in [5.74, 6) is -0.485. The molecule has 0 spiro atoms. The number of aromatic nitrogens is 5. The molecular formula is C29H29N9O3. The molecule has 3 N–H and O–H groups in total. The number of likely N-dealkylation sites (N-methyl/N-ethyl adjacent to an activating group) is 1. The van der Waals surface area contributed by atoms with E-state index in [0.717, 1.165) is 11.1 Å². The smallest absolute Gasteiger partial charge is 0.302 e. The van der Waals surface area contributed by atoms with Crippen molar-refractivity contribution in [3.8, 4) is 11.1 Å². The topological polar surface area (TPSA) is 148 Å². The molecule has 5 aromatic rings. The number of hydrogen-bond acceptors (Lipinski definition) is 9. The maximum atomic E-state index is 13.4. The standard InChI is InChI=1S/C29H29N9O3/c1-36(2)13-6-9-23(39)37-14-12-20(16-37)38-27-24(26(30)31-17-32-27)25(35-38)28(40)34-29-33-21-15-19(10-11-22(21)41-29)18-7-4-3-5-8-18/h3-11,15,17,20H,12-14,16H2,1-2H3,(H2,30,31,32)(H,33,34,40)/b9-6+. The normalized spacial score (nSPS) is 15.5. The summed E-state index contributed by atoms with van der Waals surface area (Å²) in [4.78, 5) is 42.8. The highest BCUT2D eigenvalue weighted by Crippen LogP contribution is 2.30. The van der Waals surface area contributed by atoms with Gasteiger partial charge < -0.3 is 20.0 Å². The molecule has 208 valence electrons. The second-order valence-electron chi connectivity index (χ2n) is 10.2. The minimum absolute atomic E-state index is 0.0375. The van der Waals surface area contributed by atoms with Crippen LogP contribution in [0.3, 0.4) is 0 Å². The molecule has 1 fully saturated rings. The third kappa shape index (κ3) is 5.24. The highest BCUT2D eigenvalue weighted by molar-refractivity contribution is 6.12. The number of fused-ring (bicyclic) bond motifs is 2. The first-order chi connectivity index (χ1) is 19.9. The number of hydrogen-bond donors (Lipinski definition) is 2. The minimum atomic E-state index is -0.553. The molecule has 6 rings (SSSR count). The van der Waals surface area contributed by atoms with E-state index in [4.69, 9.17) is 10.2 Å². The van der Waals surface area contributed by atoms with E-state index in [0.29, 0.717) is 48.2 Å². The number of amides is 2. The zero-order chi connectivity index (χ0) is 28.5. The van der Waals surface area contributed by atoms with E-state index >= 15 is 0 Å². The Balaban J connectivity index is 1.25. The van der Waals surface area contributed by atoms with Crippen molar-refractivity contribution in [2.45, 2.75) is 12.5 Å². The summed E-state index contributed by atoms with van der Waals surface area (Å²) in [6.07, 6.45) is 5.42. The molecule has 1 atom stereocenters. The average molecular weight is 552 g/mol. The first kappa shape index (κ1) is 26.1. The van der Waals surface area contributed by atoms with Gasteiger partial charge in [0.1, 0.15) is 17.7 Å². The zero-order valence-corrected chi connectivity index (χ0v) is 22.7. The monoisotopic (exact) mass is 551 g/mol. The van der Waals surface area contributed by atoms with Gasteiger partial charge in [0.15, 0.2) is 16.9 Å². The van der Waals surface area contributed by atoms with Gasteiger partial charge in [-0.2, -0.15) is 10.1 Å². The summed E-state index contributed by atoms with van der Waals surface area (Å²) in [5.41, 5.74) is 9.84. The van der Waals surface area contributed by atoms with Gasteiger partial charge in [-0.1, -0.05) is 42.5 Å². The van der Waals surface area contributed by atoms with Crippen LogP contribution in [0.1, 0.15) is 23.0 Å². The van der Waals surface area contributed by atoms with Gasteiger partial charge in [0.25, 0.3) is 5.91 Å². The number of nitrogens with one attached hydrogen (secondary N) is 1. The Bertz CT molecular complexity index is 1770. The van der Waals surface area contributed by atoms with Crippen molar-refractivity contribution in [1.82, 2.24) is 34.5 Å². The van der Waals surface area contributed by atoms with Crippen molar-refractivity contribution in [3.05, 3.63) is 72.7 Å². The summed E-state index contributed by atoms with van der Waals surface area (Å²) in [5, 5.41) is 7.65. The van der Waals surface area contributed by atoms with Crippen molar-refractivity contribution in [1.29, 1.82) is 0 Å². The predicted molar refractivity (Wildman–Crippen MR) is 155 cm³/mol. The van der Waals surface area contributed by atoms with Crippen LogP contribution >= 0.6 is 0 Å². The van der Waals surface area contributed by atoms with Crippen LogP contribution in [-0.2, 0) is 4.79 Å². The van der Waals surface area contributed by atoms with Crippen molar-refractivity contribution in [2.24, 2.45) is 0 Å². The lowest BCUT2D eigenvalue weighted by molar-refractivity contribution is -0.125. The van der Waals surface area contributed by atoms with Crippen LogP contribution in [0.2, 0.25) is 0 Å². The van der Waals surface area contributed by atoms with Crippen LogP contribution in [-0.4, -0.2) is 80.1 Å². The molecule has 1 aliphatic rings. The van der Waals surface area contributed by atoms with Crippen LogP contribution < -0.4 is 11.1 Å². The van der Waals surface area contributed by atoms with Crippen LogP contribution in [0.25, 0.3) is 33.3 Å². The van der Waals surface area contributed by atoms with Gasteiger partial charge in [-0.15, -0.1) is 0 Å². The Morgan fingerprint density at radius 2 is 1.98 bits per heavy atom. The quantitative estimate of drug-likeness (QED) is 0.290. The Hall–Kier alpha value is -5.10. The van der Waals surface area contributed by atoms with Crippen molar-refractivity contribution in [2.75, 3.05) is 44.8 Å². The van der Waals surface area contributed by atoms with Gasteiger partial charge in [-0.3, -0.25) is 14.9 Å². The Morgan fingerprint density at radius 3 is 2.78 bits per heavy atom. The Labute approximate surface area is 235 Å². The molecule has 0 radical (unpaired) electrons. The molecule has 1 saturated heterocycles. The fourth-order valence-electron chi connectivity index (χ4n) is 4.97. The number of carbonyl (C=O) groups is 2. The van der Waals surface area contributed by atoms with Crippen molar-refractivity contribution >= 4 is 45.8 Å². The van der Waals surface area contributed by atoms with Crippen LogP contribution in [0.4, 0.5) is 11.8 Å². The number of anilines is 2. The molecule has 1 aliphatic heterocycles. The Morgan fingerprint density at radius 1 is 1.15 bits per heavy atom. The van der Waals surface area contributed by atoms with Gasteiger partial charge >= 0.3 is 6.01 Å². The molecule has 12 heteroatoms. The molecule has 0 aliphatic carbocycles. The number of benzene rings is 2. The summed E-state index contributed by atoms with van der Waals surface area (Å²) in [7, 11) is 3.88. The van der Waals surface area contributed by atoms with E-state index in [1.807, 2.05) is 73.6 Å². The predicted octanol–water partition coefficient (Wildman–Crippen LogP) is 3.36. The fourth-order valence-corrected chi connectivity index (χ4v) is 4.97. The molecule has 12 nitrogen and oxygen atoms in total. The minimum Gasteiger partial charge on any atom is -0.423 e. The van der Waals surface area contributed by atoms with Gasteiger partial charge in [-0.25, -0.2) is 14.6 Å². The number of likely N-dealkylation sites (tertiary alicyclic amines) is 1. The number of nitrogens with two attached hydrogens (primary N) is 1. The van der Waals surface area contributed by atoms with Crippen LogP contribution in [0.5, 0.6) is 0 Å². The SMILES string of the molecule is CN(C)C/C=C/C(=O)N1CCC(n2nc(C(=O)Nc3nc4cc(-c5ccccc5)ccc4o3)c3c(N)ncnc32)C1. The number of carbonyl (C=O) groups excluding carboxylic acids is 2. The summed E-state index contributed by atoms with van der Waals surface area (Å²) >= 11 is 0.